The Bertz CT molecular complexity index is 792. The van der Waals surface area contributed by atoms with Gasteiger partial charge in [-0.15, -0.1) is 0 Å². The summed E-state index contributed by atoms with van der Waals surface area (Å²) in [7, 11) is 0. The second kappa shape index (κ2) is 8.86. The van der Waals surface area contributed by atoms with Crippen LogP contribution in [0.15, 0.2) is 29.3 Å². The minimum atomic E-state index is -0.00149. The molecule has 0 radical (unpaired) electrons. The molecule has 2 aliphatic heterocycles. The van der Waals surface area contributed by atoms with E-state index in [4.69, 9.17) is 19.4 Å². The number of amides is 1. The highest BCUT2D eigenvalue weighted by molar-refractivity contribution is 8.00. The van der Waals surface area contributed by atoms with Crippen molar-refractivity contribution in [2.45, 2.75) is 24.0 Å². The van der Waals surface area contributed by atoms with Gasteiger partial charge in [0.2, 0.25) is 5.91 Å². The number of aromatic nitrogens is 2. The Labute approximate surface area is 162 Å². The van der Waals surface area contributed by atoms with Crippen molar-refractivity contribution in [3.8, 4) is 0 Å². The first-order valence-corrected chi connectivity index (χ1v) is 10.4. The summed E-state index contributed by atoms with van der Waals surface area (Å²) >= 11 is 1.44. The first kappa shape index (κ1) is 18.5. The van der Waals surface area contributed by atoms with Gasteiger partial charge in [0.25, 0.3) is 0 Å². The van der Waals surface area contributed by atoms with E-state index in [1.54, 1.807) is 0 Å². The third-order valence-corrected chi connectivity index (χ3v) is 5.68. The van der Waals surface area contributed by atoms with Crippen molar-refractivity contribution in [1.29, 1.82) is 0 Å². The molecule has 8 heteroatoms. The van der Waals surface area contributed by atoms with Gasteiger partial charge < -0.3 is 19.7 Å². The van der Waals surface area contributed by atoms with Crippen molar-refractivity contribution in [2.75, 3.05) is 50.1 Å². The summed E-state index contributed by atoms with van der Waals surface area (Å²) in [5, 5.41) is 3.76. The Morgan fingerprint density at radius 1 is 1.19 bits per heavy atom. The second-order valence-corrected chi connectivity index (χ2v) is 7.63. The van der Waals surface area contributed by atoms with Crippen molar-refractivity contribution >= 4 is 34.5 Å². The normalized spacial score (nSPS) is 20.1. The predicted octanol–water partition coefficient (Wildman–Crippen LogP) is 1.85. The van der Waals surface area contributed by atoms with Gasteiger partial charge in [0.15, 0.2) is 5.82 Å². The number of ether oxygens (including phenoxy) is 2. The Morgan fingerprint density at radius 2 is 1.96 bits per heavy atom. The van der Waals surface area contributed by atoms with E-state index in [0.717, 1.165) is 54.4 Å². The fraction of sp³-hybridized carbons (Fsp3) is 0.526. The molecule has 3 heterocycles. The van der Waals surface area contributed by atoms with E-state index in [1.165, 1.54) is 11.8 Å². The van der Waals surface area contributed by atoms with Gasteiger partial charge in [0, 0.05) is 26.2 Å². The van der Waals surface area contributed by atoms with E-state index in [9.17, 15) is 4.79 Å². The van der Waals surface area contributed by atoms with Crippen molar-refractivity contribution in [1.82, 2.24) is 15.3 Å². The van der Waals surface area contributed by atoms with Gasteiger partial charge in [-0.25, -0.2) is 9.97 Å². The molecule has 0 aliphatic carbocycles. The van der Waals surface area contributed by atoms with E-state index in [1.807, 2.05) is 24.3 Å². The number of thioether (sulfide) groups is 1. The molecule has 1 N–H and O–H groups in total. The van der Waals surface area contributed by atoms with Crippen LogP contribution >= 0.6 is 11.8 Å². The molecule has 1 aromatic carbocycles. The van der Waals surface area contributed by atoms with Crippen molar-refractivity contribution in [3.63, 3.8) is 0 Å². The maximum absolute atomic E-state index is 12.3. The van der Waals surface area contributed by atoms with Crippen LogP contribution in [0, 0.1) is 0 Å². The largest absolute Gasteiger partial charge is 0.378 e. The molecule has 144 valence electrons. The lowest BCUT2D eigenvalue weighted by Crippen LogP contribution is -2.37. The maximum Gasteiger partial charge on any atom is 0.230 e. The molecule has 27 heavy (non-hydrogen) atoms. The Morgan fingerprint density at radius 3 is 2.70 bits per heavy atom. The quantitative estimate of drug-likeness (QED) is 0.757. The Hall–Kier alpha value is -1.90. The maximum atomic E-state index is 12.3. The number of carbonyl (C=O) groups excluding carboxylic acids is 1. The first-order chi connectivity index (χ1) is 13.3. The summed E-state index contributed by atoms with van der Waals surface area (Å²) in [4.78, 5) is 24.0. The number of hydrogen-bond donors (Lipinski definition) is 1. The van der Waals surface area contributed by atoms with E-state index >= 15 is 0 Å². The van der Waals surface area contributed by atoms with Gasteiger partial charge >= 0.3 is 0 Å². The van der Waals surface area contributed by atoms with Crippen LogP contribution in [0.4, 0.5) is 5.82 Å². The van der Waals surface area contributed by atoms with Crippen LogP contribution in [0.25, 0.3) is 11.0 Å². The SMILES string of the molecule is O=C(CSc1nc2ccccc2nc1N1CCOCC1)NC[C@@H]1CCCO1. The smallest absolute Gasteiger partial charge is 0.230 e. The average Bonchev–Trinajstić information content (AvgIpc) is 3.24. The lowest BCUT2D eigenvalue weighted by molar-refractivity contribution is -0.119. The number of nitrogens with one attached hydrogen (secondary N) is 1. The van der Waals surface area contributed by atoms with Crippen molar-refractivity contribution in [2.24, 2.45) is 0 Å². The summed E-state index contributed by atoms with van der Waals surface area (Å²) in [5.41, 5.74) is 1.71. The molecule has 1 aromatic heterocycles. The molecule has 0 saturated carbocycles. The van der Waals surface area contributed by atoms with E-state index in [0.29, 0.717) is 25.5 Å². The van der Waals surface area contributed by atoms with Crippen molar-refractivity contribution < 1.29 is 14.3 Å². The fourth-order valence-electron chi connectivity index (χ4n) is 3.27. The molecule has 4 rings (SSSR count). The minimum absolute atomic E-state index is 0.00149. The molecule has 1 amide bonds. The third-order valence-electron chi connectivity index (χ3n) is 4.72. The molecule has 7 nitrogen and oxygen atoms in total. The molecule has 2 aromatic rings. The van der Waals surface area contributed by atoms with Gasteiger partial charge in [-0.3, -0.25) is 4.79 Å². The van der Waals surface area contributed by atoms with Gasteiger partial charge in [-0.1, -0.05) is 23.9 Å². The highest BCUT2D eigenvalue weighted by atomic mass is 32.2. The number of fused-ring (bicyclic) bond motifs is 1. The number of para-hydroxylation sites is 2. The van der Waals surface area contributed by atoms with Crippen LogP contribution in [0.5, 0.6) is 0 Å². The average molecular weight is 388 g/mol. The van der Waals surface area contributed by atoms with Crippen LogP contribution in [0.1, 0.15) is 12.8 Å². The summed E-state index contributed by atoms with van der Waals surface area (Å²) in [6.45, 7) is 4.31. The van der Waals surface area contributed by atoms with E-state index in [-0.39, 0.29) is 12.0 Å². The Kier molecular flexibility index (Phi) is 6.06. The van der Waals surface area contributed by atoms with Gasteiger partial charge in [0.05, 0.1) is 36.1 Å². The number of carbonyl (C=O) groups is 1. The van der Waals surface area contributed by atoms with Crippen LogP contribution in [0.3, 0.4) is 0 Å². The predicted molar refractivity (Wildman–Crippen MR) is 105 cm³/mol. The van der Waals surface area contributed by atoms with Crippen LogP contribution in [-0.4, -0.2) is 67.2 Å². The van der Waals surface area contributed by atoms with Gasteiger partial charge in [-0.2, -0.15) is 0 Å². The van der Waals surface area contributed by atoms with E-state index < -0.39 is 0 Å². The number of nitrogens with zero attached hydrogens (tertiary/aromatic N) is 3. The first-order valence-electron chi connectivity index (χ1n) is 9.40. The monoisotopic (exact) mass is 388 g/mol. The minimum Gasteiger partial charge on any atom is -0.378 e. The zero-order chi connectivity index (χ0) is 18.5. The van der Waals surface area contributed by atoms with Crippen molar-refractivity contribution in [3.05, 3.63) is 24.3 Å². The number of morpholine rings is 1. The number of rotatable bonds is 6. The molecule has 0 unspecified atom stereocenters. The van der Waals surface area contributed by atoms with Crippen LogP contribution in [-0.2, 0) is 14.3 Å². The number of anilines is 1. The molecular formula is C19H24N4O3S. The highest BCUT2D eigenvalue weighted by Gasteiger charge is 2.20. The summed E-state index contributed by atoms with van der Waals surface area (Å²) in [6.07, 6.45) is 2.25. The molecule has 2 saturated heterocycles. The van der Waals surface area contributed by atoms with Gasteiger partial charge in [-0.05, 0) is 25.0 Å². The molecule has 2 aliphatic rings. The van der Waals surface area contributed by atoms with Crippen LogP contribution in [0.2, 0.25) is 0 Å². The second-order valence-electron chi connectivity index (χ2n) is 6.67. The molecule has 0 bridgehead atoms. The summed E-state index contributed by atoms with van der Waals surface area (Å²) in [5.74, 6) is 1.16. The lowest BCUT2D eigenvalue weighted by atomic mass is 10.2. The zero-order valence-corrected chi connectivity index (χ0v) is 16.0. The topological polar surface area (TPSA) is 76.6 Å². The molecule has 2 fully saturated rings. The summed E-state index contributed by atoms with van der Waals surface area (Å²) < 4.78 is 11.0. The highest BCUT2D eigenvalue weighted by Crippen LogP contribution is 2.29. The standard InChI is InChI=1S/C19H24N4O3S/c24-17(20-12-14-4-3-9-26-14)13-27-19-18(23-7-10-25-11-8-23)21-15-5-1-2-6-16(15)22-19/h1-2,5-6,14H,3-4,7-13H2,(H,20,24)/t14-/m0/s1. The molecular weight excluding hydrogens is 364 g/mol. The van der Waals surface area contributed by atoms with E-state index in [2.05, 4.69) is 10.2 Å². The summed E-state index contributed by atoms with van der Waals surface area (Å²) in [6, 6.07) is 7.83. The number of benzene rings is 1. The van der Waals surface area contributed by atoms with Crippen LogP contribution < -0.4 is 10.2 Å². The fourth-order valence-corrected chi connectivity index (χ4v) is 4.11. The Balaban J connectivity index is 1.46. The third kappa shape index (κ3) is 4.69. The zero-order valence-electron chi connectivity index (χ0n) is 15.2. The number of hydrogen-bond acceptors (Lipinski definition) is 7. The molecule has 1 atom stereocenters. The molecule has 0 spiro atoms. The lowest BCUT2D eigenvalue weighted by Gasteiger charge is -2.29. The van der Waals surface area contributed by atoms with Gasteiger partial charge in [0.1, 0.15) is 5.03 Å².